The third-order valence-electron chi connectivity index (χ3n) is 1.07. The van der Waals surface area contributed by atoms with Gasteiger partial charge in [-0.25, -0.2) is 0 Å². The first-order valence-electron chi connectivity index (χ1n) is 2.66. The normalized spacial score (nSPS) is 13.4. The summed E-state index contributed by atoms with van der Waals surface area (Å²) in [5.41, 5.74) is 0. The molecule has 0 radical (unpaired) electrons. The number of tetrazole rings is 1. The highest BCUT2D eigenvalue weighted by Gasteiger charge is 2.51. The summed E-state index contributed by atoms with van der Waals surface area (Å²) in [7, 11) is 0. The van der Waals surface area contributed by atoms with E-state index in [1.807, 2.05) is 0 Å². The zero-order valence-electron chi connectivity index (χ0n) is 5.56. The van der Waals surface area contributed by atoms with Crippen LogP contribution in [-0.2, 0) is 4.33 Å². The second-order valence-corrected chi connectivity index (χ2v) is 5.86. The minimum Gasteiger partial charge on any atom is -0.132 e. The van der Waals surface area contributed by atoms with E-state index in [4.69, 9.17) is 69.8 Å². The van der Waals surface area contributed by atoms with Crippen LogP contribution < -0.4 is 0 Å². The van der Waals surface area contributed by atoms with Gasteiger partial charge in [0, 0.05) is 11.8 Å². The molecule has 0 aromatic carbocycles. The Kier molecular flexibility index (Phi) is 3.43. The summed E-state index contributed by atoms with van der Waals surface area (Å²) in [6.07, 6.45) is 0. The van der Waals surface area contributed by atoms with Crippen LogP contribution in [0.25, 0.3) is 0 Å². The molecule has 74 valence electrons. The Labute approximate surface area is 103 Å². The first kappa shape index (κ1) is 11.9. The van der Waals surface area contributed by atoms with E-state index in [0.29, 0.717) is 4.20 Å². The van der Waals surface area contributed by atoms with Crippen LogP contribution >= 0.6 is 69.8 Å². The van der Waals surface area contributed by atoms with Crippen LogP contribution in [-0.4, -0.2) is 23.5 Å². The maximum absolute atomic E-state index is 5.71. The van der Waals surface area contributed by atoms with Crippen molar-refractivity contribution >= 4 is 69.8 Å². The van der Waals surface area contributed by atoms with Gasteiger partial charge in [0.05, 0.1) is 0 Å². The Balaban J connectivity index is 3.15. The summed E-state index contributed by atoms with van der Waals surface area (Å²) >= 11 is 33.3. The highest BCUT2D eigenvalue weighted by atomic mass is 35.6. The van der Waals surface area contributed by atoms with Crippen molar-refractivity contribution < 1.29 is 0 Å². The number of aromatic nitrogens is 4. The van der Waals surface area contributed by atoms with E-state index in [1.165, 1.54) is 0 Å². The van der Waals surface area contributed by atoms with Gasteiger partial charge >= 0.3 is 0 Å². The smallest absolute Gasteiger partial charge is 0.132 e. The van der Waals surface area contributed by atoms with Crippen LogP contribution in [0.2, 0.25) is 0 Å². The predicted molar refractivity (Wildman–Crippen MR) is 52.7 cm³/mol. The topological polar surface area (TPSA) is 43.6 Å². The molecule has 0 unspecified atom stereocenters. The number of nitrogens with zero attached hydrogens (tertiary/aromatic N) is 4. The largest absolute Gasteiger partial charge is 0.230 e. The van der Waals surface area contributed by atoms with Gasteiger partial charge in [-0.2, -0.15) is 0 Å². The van der Waals surface area contributed by atoms with E-state index >= 15 is 0 Å². The lowest BCUT2D eigenvalue weighted by atomic mass is 10.4. The quantitative estimate of drug-likeness (QED) is 0.749. The fourth-order valence-electron chi connectivity index (χ4n) is 0.482. The van der Waals surface area contributed by atoms with Gasteiger partial charge in [-0.1, -0.05) is 58.0 Å². The van der Waals surface area contributed by atoms with Gasteiger partial charge in [-0.3, -0.25) is 0 Å². The summed E-state index contributed by atoms with van der Waals surface area (Å²) in [5, 5.41) is 9.87. The Morgan fingerprint density at radius 2 is 1.62 bits per heavy atom. The molecule has 0 aliphatic heterocycles. The molecule has 13 heavy (non-hydrogen) atoms. The minimum atomic E-state index is -1.99. The molecule has 1 aromatic heterocycles. The van der Waals surface area contributed by atoms with Gasteiger partial charge in [0.15, 0.2) is 0 Å². The summed E-state index contributed by atoms with van der Waals surface area (Å²) in [6.45, 7) is 0. The van der Waals surface area contributed by atoms with Crippen LogP contribution in [0.4, 0.5) is 0 Å². The van der Waals surface area contributed by atoms with Crippen molar-refractivity contribution in [3.63, 3.8) is 0 Å². The molecule has 0 bridgehead atoms. The van der Waals surface area contributed by atoms with Crippen molar-refractivity contribution in [1.82, 2.24) is 19.7 Å². The van der Waals surface area contributed by atoms with Gasteiger partial charge in [0.2, 0.25) is 14.0 Å². The van der Waals surface area contributed by atoms with Crippen LogP contribution in [0.5, 0.6) is 0 Å². The Morgan fingerprint density at radius 3 is 1.92 bits per heavy atom. The van der Waals surface area contributed by atoms with Crippen molar-refractivity contribution in [2.45, 2.75) is 8.13 Å². The molecule has 1 heterocycles. The second-order valence-electron chi connectivity index (χ2n) is 1.93. The van der Waals surface area contributed by atoms with Gasteiger partial charge in [0.1, 0.15) is 0 Å². The Morgan fingerprint density at radius 1 is 1.08 bits per heavy atom. The molecule has 0 amide bonds. The molecule has 10 heteroatoms. The fraction of sp³-hybridized carbons (Fsp3) is 0.667. The van der Waals surface area contributed by atoms with Crippen LogP contribution in [0.3, 0.4) is 0 Å². The molecule has 0 aliphatic carbocycles. The van der Waals surface area contributed by atoms with E-state index in [9.17, 15) is 0 Å². The average molecular weight is 305 g/mol. The van der Waals surface area contributed by atoms with Crippen LogP contribution in [0, 0.1) is 0 Å². The maximum atomic E-state index is 5.71. The first-order chi connectivity index (χ1) is 5.77. The molecular weight excluding hydrogens is 305 g/mol. The van der Waals surface area contributed by atoms with E-state index in [0.717, 1.165) is 0 Å². The number of alkyl halides is 5. The van der Waals surface area contributed by atoms with Crippen molar-refractivity contribution in [3.8, 4) is 0 Å². The number of halogens is 6. The van der Waals surface area contributed by atoms with Gasteiger partial charge in [-0.05, 0) is 10.4 Å². The SMILES string of the molecule is Cln1nnnc1C(Cl)(Cl)C(Cl)(Cl)Cl. The van der Waals surface area contributed by atoms with E-state index in [2.05, 4.69) is 15.5 Å². The van der Waals surface area contributed by atoms with Gasteiger partial charge in [0.25, 0.3) is 0 Å². The lowest BCUT2D eigenvalue weighted by Gasteiger charge is -2.24. The van der Waals surface area contributed by atoms with Gasteiger partial charge < -0.3 is 0 Å². The molecule has 4 nitrogen and oxygen atoms in total. The Hall–Kier alpha value is 0.810. The molecule has 0 saturated heterocycles. The molecule has 1 rings (SSSR count). The molecule has 0 atom stereocenters. The molecular formula is C3Cl6N4. The fourth-order valence-corrected chi connectivity index (χ4v) is 1.25. The van der Waals surface area contributed by atoms with Crippen molar-refractivity contribution in [1.29, 1.82) is 0 Å². The van der Waals surface area contributed by atoms with E-state index < -0.39 is 8.13 Å². The summed E-state index contributed by atoms with van der Waals surface area (Å²) in [5.74, 6) is -0.169. The number of hydrogen-bond donors (Lipinski definition) is 0. The molecule has 1 aromatic rings. The standard InChI is InChI=1S/C3Cl6N4/c4-2(5,3(6,7)8)1-10-11-12-13(1)9. The summed E-state index contributed by atoms with van der Waals surface area (Å²) in [6, 6.07) is 0. The molecule has 0 fully saturated rings. The summed E-state index contributed by atoms with van der Waals surface area (Å²) in [4.78, 5) is 0. The monoisotopic (exact) mass is 302 g/mol. The van der Waals surface area contributed by atoms with Gasteiger partial charge in [-0.15, -0.1) is 9.30 Å². The van der Waals surface area contributed by atoms with Crippen molar-refractivity contribution in [2.75, 3.05) is 0 Å². The van der Waals surface area contributed by atoms with Crippen molar-refractivity contribution in [2.24, 2.45) is 0 Å². The number of rotatable bonds is 1. The molecule has 0 aliphatic rings. The maximum Gasteiger partial charge on any atom is 0.230 e. The predicted octanol–water partition coefficient (Wildman–Crippen LogP) is 2.68. The zero-order valence-corrected chi connectivity index (χ0v) is 10.1. The third-order valence-corrected chi connectivity index (χ3v) is 3.63. The lowest BCUT2D eigenvalue weighted by molar-refractivity contribution is 0.762. The lowest BCUT2D eigenvalue weighted by Crippen LogP contribution is -2.30. The highest BCUT2D eigenvalue weighted by Crippen LogP contribution is 2.51. The third kappa shape index (κ3) is 2.25. The van der Waals surface area contributed by atoms with E-state index in [1.54, 1.807) is 0 Å². The van der Waals surface area contributed by atoms with E-state index in [-0.39, 0.29) is 5.82 Å². The Bertz CT molecular complexity index is 301. The van der Waals surface area contributed by atoms with Crippen LogP contribution in [0.15, 0.2) is 0 Å². The van der Waals surface area contributed by atoms with Crippen LogP contribution in [0.1, 0.15) is 5.82 Å². The summed E-state index contributed by atoms with van der Waals surface area (Å²) < 4.78 is -3.21. The minimum absolute atomic E-state index is 0.169. The molecule has 0 saturated carbocycles. The average Bonchev–Trinajstić information content (AvgIpc) is 2.32. The molecule has 0 N–H and O–H groups in total. The highest BCUT2D eigenvalue weighted by molar-refractivity contribution is 6.75. The first-order valence-corrected chi connectivity index (χ1v) is 4.89. The second kappa shape index (κ2) is 3.76. The zero-order chi connectivity index (χ0) is 10.3. The number of hydrogen-bond acceptors (Lipinski definition) is 3. The molecule has 0 spiro atoms. The van der Waals surface area contributed by atoms with Crippen molar-refractivity contribution in [3.05, 3.63) is 5.82 Å².